The molecule has 0 aromatic heterocycles. The van der Waals surface area contributed by atoms with Crippen molar-refractivity contribution >= 4 is 12.1 Å². The molecule has 0 aliphatic rings. The Morgan fingerprint density at radius 3 is 2.58 bits per heavy atom. The number of rotatable bonds is 7. The number of nitrogens with one attached hydrogen (secondary N) is 1. The Morgan fingerprint density at radius 2 is 2.00 bits per heavy atom. The smallest absolute Gasteiger partial charge is 0.408 e. The van der Waals surface area contributed by atoms with Gasteiger partial charge in [0.05, 0.1) is 0 Å². The average Bonchev–Trinajstić information content (AvgIpc) is 2.42. The summed E-state index contributed by atoms with van der Waals surface area (Å²) in [5.41, 5.74) is 0.835. The van der Waals surface area contributed by atoms with Crippen LogP contribution in [0.4, 0.5) is 4.79 Å². The number of carboxylic acids is 1. The summed E-state index contributed by atoms with van der Waals surface area (Å²) in [6.07, 6.45) is -0.570. The van der Waals surface area contributed by atoms with Crippen LogP contribution in [0.5, 0.6) is 0 Å². The lowest BCUT2D eigenvalue weighted by molar-refractivity contribution is -0.139. The van der Waals surface area contributed by atoms with E-state index in [0.29, 0.717) is 0 Å². The molecule has 6 heteroatoms. The van der Waals surface area contributed by atoms with Gasteiger partial charge in [-0.15, -0.1) is 0 Å². The lowest BCUT2D eigenvalue weighted by Crippen LogP contribution is -2.41. The SMILES string of the molecule is COCC[C@H](NC(=O)OCc1ccccc1)C(=O)O. The van der Waals surface area contributed by atoms with E-state index < -0.39 is 18.1 Å². The van der Waals surface area contributed by atoms with Crippen molar-refractivity contribution < 1.29 is 24.2 Å². The number of alkyl carbamates (subject to hydrolysis) is 1. The number of hydrogen-bond donors (Lipinski definition) is 2. The molecule has 0 unspecified atom stereocenters. The molecule has 1 rings (SSSR count). The van der Waals surface area contributed by atoms with E-state index in [4.69, 9.17) is 14.6 Å². The quantitative estimate of drug-likeness (QED) is 0.780. The fourth-order valence-electron chi connectivity index (χ4n) is 1.40. The van der Waals surface area contributed by atoms with Gasteiger partial charge in [0.2, 0.25) is 0 Å². The molecule has 0 aliphatic carbocycles. The Hall–Kier alpha value is -2.08. The lowest BCUT2D eigenvalue weighted by Gasteiger charge is -2.14. The Kier molecular flexibility index (Phi) is 6.38. The molecule has 0 saturated carbocycles. The molecule has 1 aromatic rings. The second-order valence-electron chi connectivity index (χ2n) is 3.88. The van der Waals surface area contributed by atoms with E-state index in [2.05, 4.69) is 5.32 Å². The molecular weight excluding hydrogens is 250 g/mol. The van der Waals surface area contributed by atoms with Crippen molar-refractivity contribution in [3.8, 4) is 0 Å². The highest BCUT2D eigenvalue weighted by molar-refractivity contribution is 5.79. The van der Waals surface area contributed by atoms with Crippen LogP contribution in [0, 0.1) is 0 Å². The van der Waals surface area contributed by atoms with Crippen LogP contribution in [0.15, 0.2) is 30.3 Å². The second kappa shape index (κ2) is 8.10. The number of carbonyl (C=O) groups excluding carboxylic acids is 1. The predicted octanol–water partition coefficient (Wildman–Crippen LogP) is 1.40. The summed E-state index contributed by atoms with van der Waals surface area (Å²) in [6.45, 7) is 0.346. The first kappa shape index (κ1) is 15.0. The van der Waals surface area contributed by atoms with Crippen LogP contribution in [-0.2, 0) is 20.9 Å². The number of hydrogen-bond acceptors (Lipinski definition) is 4. The summed E-state index contributed by atoms with van der Waals surface area (Å²) < 4.78 is 9.71. The van der Waals surface area contributed by atoms with Crippen LogP contribution in [0.1, 0.15) is 12.0 Å². The number of carboxylic acid groups (broad SMARTS) is 1. The Bertz CT molecular complexity index is 407. The lowest BCUT2D eigenvalue weighted by atomic mass is 10.2. The minimum atomic E-state index is -1.12. The third-order valence-corrected chi connectivity index (χ3v) is 2.41. The summed E-state index contributed by atoms with van der Waals surface area (Å²) in [5.74, 6) is -1.12. The van der Waals surface area contributed by atoms with Crippen molar-refractivity contribution in [1.29, 1.82) is 0 Å². The molecule has 0 heterocycles. The third kappa shape index (κ3) is 5.87. The number of amides is 1. The number of ether oxygens (including phenoxy) is 2. The molecule has 104 valence electrons. The molecule has 2 N–H and O–H groups in total. The van der Waals surface area contributed by atoms with Crippen molar-refractivity contribution in [3.63, 3.8) is 0 Å². The number of aliphatic carboxylic acids is 1. The van der Waals surface area contributed by atoms with Gasteiger partial charge in [-0.3, -0.25) is 0 Å². The van der Waals surface area contributed by atoms with Crippen molar-refractivity contribution in [2.24, 2.45) is 0 Å². The highest BCUT2D eigenvalue weighted by Crippen LogP contribution is 2.01. The standard InChI is InChI=1S/C13H17NO5/c1-18-8-7-11(12(15)16)14-13(17)19-9-10-5-3-2-4-6-10/h2-6,11H,7-9H2,1H3,(H,14,17)(H,15,16)/t11-/m0/s1. The van der Waals surface area contributed by atoms with Crippen LogP contribution >= 0.6 is 0 Å². The van der Waals surface area contributed by atoms with E-state index in [-0.39, 0.29) is 19.6 Å². The summed E-state index contributed by atoms with van der Waals surface area (Å²) in [6, 6.07) is 8.13. The van der Waals surface area contributed by atoms with Crippen LogP contribution in [0.3, 0.4) is 0 Å². The van der Waals surface area contributed by atoms with Gasteiger partial charge in [-0.25, -0.2) is 9.59 Å². The Morgan fingerprint density at radius 1 is 1.32 bits per heavy atom. The van der Waals surface area contributed by atoms with Crippen LogP contribution in [0.25, 0.3) is 0 Å². The molecule has 1 amide bonds. The van der Waals surface area contributed by atoms with Gasteiger partial charge in [0, 0.05) is 20.1 Å². The minimum absolute atomic E-state index is 0.100. The second-order valence-corrected chi connectivity index (χ2v) is 3.88. The summed E-state index contributed by atoms with van der Waals surface area (Å²) in [7, 11) is 1.46. The zero-order chi connectivity index (χ0) is 14.1. The van der Waals surface area contributed by atoms with E-state index in [9.17, 15) is 9.59 Å². The van der Waals surface area contributed by atoms with Gasteiger partial charge in [0.1, 0.15) is 12.6 Å². The van der Waals surface area contributed by atoms with E-state index in [0.717, 1.165) is 5.56 Å². The summed E-state index contributed by atoms with van der Waals surface area (Å²) >= 11 is 0. The first-order chi connectivity index (χ1) is 9.13. The molecule has 1 aromatic carbocycles. The Labute approximate surface area is 111 Å². The van der Waals surface area contributed by atoms with E-state index >= 15 is 0 Å². The molecule has 19 heavy (non-hydrogen) atoms. The predicted molar refractivity (Wildman–Crippen MR) is 67.7 cm³/mol. The van der Waals surface area contributed by atoms with Gasteiger partial charge in [0.15, 0.2) is 0 Å². The highest BCUT2D eigenvalue weighted by atomic mass is 16.5. The first-order valence-corrected chi connectivity index (χ1v) is 5.82. The highest BCUT2D eigenvalue weighted by Gasteiger charge is 2.20. The van der Waals surface area contributed by atoms with E-state index in [1.165, 1.54) is 7.11 Å². The van der Waals surface area contributed by atoms with Gasteiger partial charge < -0.3 is 19.9 Å². The van der Waals surface area contributed by atoms with Crippen LogP contribution in [-0.4, -0.2) is 36.9 Å². The first-order valence-electron chi connectivity index (χ1n) is 5.82. The monoisotopic (exact) mass is 267 g/mol. The van der Waals surface area contributed by atoms with Crippen molar-refractivity contribution in [3.05, 3.63) is 35.9 Å². The summed E-state index contributed by atoms with van der Waals surface area (Å²) in [4.78, 5) is 22.3. The molecule has 0 spiro atoms. The van der Waals surface area contributed by atoms with Crippen LogP contribution in [0.2, 0.25) is 0 Å². The van der Waals surface area contributed by atoms with Gasteiger partial charge in [-0.1, -0.05) is 30.3 Å². The van der Waals surface area contributed by atoms with Gasteiger partial charge >= 0.3 is 12.1 Å². The van der Waals surface area contributed by atoms with E-state index in [1.54, 1.807) is 0 Å². The maximum atomic E-state index is 11.5. The number of benzene rings is 1. The Balaban J connectivity index is 2.38. The molecule has 6 nitrogen and oxygen atoms in total. The van der Waals surface area contributed by atoms with Crippen molar-refractivity contribution in [2.75, 3.05) is 13.7 Å². The van der Waals surface area contributed by atoms with Crippen molar-refractivity contribution in [2.45, 2.75) is 19.1 Å². The third-order valence-electron chi connectivity index (χ3n) is 2.41. The maximum Gasteiger partial charge on any atom is 0.408 e. The van der Waals surface area contributed by atoms with Gasteiger partial charge in [-0.05, 0) is 5.56 Å². The van der Waals surface area contributed by atoms with Gasteiger partial charge in [0.25, 0.3) is 0 Å². The molecule has 0 aliphatic heterocycles. The molecule has 0 radical (unpaired) electrons. The molecule has 0 fully saturated rings. The average molecular weight is 267 g/mol. The van der Waals surface area contributed by atoms with Crippen LogP contribution < -0.4 is 5.32 Å². The topological polar surface area (TPSA) is 84.9 Å². The normalized spacial score (nSPS) is 11.6. The molecular formula is C13H17NO5. The minimum Gasteiger partial charge on any atom is -0.480 e. The number of carbonyl (C=O) groups is 2. The molecule has 0 saturated heterocycles. The molecule has 0 bridgehead atoms. The zero-order valence-electron chi connectivity index (χ0n) is 10.7. The van der Waals surface area contributed by atoms with Crippen molar-refractivity contribution in [1.82, 2.24) is 5.32 Å². The fraction of sp³-hybridized carbons (Fsp3) is 0.385. The van der Waals surface area contributed by atoms with Gasteiger partial charge in [-0.2, -0.15) is 0 Å². The fourth-order valence-corrected chi connectivity index (χ4v) is 1.40. The van der Waals surface area contributed by atoms with E-state index in [1.807, 2.05) is 30.3 Å². The summed E-state index contributed by atoms with van der Waals surface area (Å²) in [5, 5.41) is 11.2. The largest absolute Gasteiger partial charge is 0.480 e. The molecule has 1 atom stereocenters. The maximum absolute atomic E-state index is 11.5. The number of methoxy groups -OCH3 is 1. The zero-order valence-corrected chi connectivity index (χ0v) is 10.7.